The molecule has 1 saturated heterocycles. The van der Waals surface area contributed by atoms with Crippen LogP contribution in [-0.4, -0.2) is 40.0 Å². The first-order chi connectivity index (χ1) is 10.7. The highest BCUT2D eigenvalue weighted by Gasteiger charge is 2.22. The quantitative estimate of drug-likeness (QED) is 0.911. The van der Waals surface area contributed by atoms with Crippen LogP contribution >= 0.6 is 0 Å². The molecule has 22 heavy (non-hydrogen) atoms. The molecule has 0 aromatic carbocycles. The van der Waals surface area contributed by atoms with E-state index in [0.717, 1.165) is 30.0 Å². The van der Waals surface area contributed by atoms with Crippen molar-refractivity contribution in [1.29, 1.82) is 0 Å². The largest absolute Gasteiger partial charge is 0.310 e. The van der Waals surface area contributed by atoms with Crippen molar-refractivity contribution in [3.63, 3.8) is 0 Å². The van der Waals surface area contributed by atoms with Crippen molar-refractivity contribution < 1.29 is 0 Å². The van der Waals surface area contributed by atoms with Crippen molar-refractivity contribution in [2.45, 2.75) is 39.3 Å². The van der Waals surface area contributed by atoms with Crippen LogP contribution in [0.4, 0.5) is 0 Å². The maximum atomic E-state index is 12.1. The zero-order valence-electron chi connectivity index (χ0n) is 13.4. The fraction of sp³-hybridized carbons (Fsp3) is 0.529. The zero-order chi connectivity index (χ0) is 15.5. The van der Waals surface area contributed by atoms with Gasteiger partial charge < -0.3 is 5.32 Å². The standard InChI is InChI=1S/C17H24N4O/c1-3-20-7-4-5-15(20)12-18-11-14-10-17(22)21-8-6-13(2)9-16(21)19-14/h6,8-10,15,18H,3-5,7,11-12H2,1-2H3. The van der Waals surface area contributed by atoms with E-state index in [-0.39, 0.29) is 5.56 Å². The lowest BCUT2D eigenvalue weighted by molar-refractivity contribution is 0.259. The van der Waals surface area contributed by atoms with E-state index in [1.165, 1.54) is 19.4 Å². The second-order valence-corrected chi connectivity index (χ2v) is 6.07. The lowest BCUT2D eigenvalue weighted by Gasteiger charge is -2.22. The van der Waals surface area contributed by atoms with Gasteiger partial charge in [-0.3, -0.25) is 14.1 Å². The van der Waals surface area contributed by atoms with E-state index in [9.17, 15) is 4.79 Å². The number of likely N-dealkylation sites (tertiary alicyclic amines) is 1. The average Bonchev–Trinajstić information content (AvgIpc) is 2.94. The summed E-state index contributed by atoms with van der Waals surface area (Å²) in [5.74, 6) is 0. The highest BCUT2D eigenvalue weighted by Crippen LogP contribution is 2.15. The number of aromatic nitrogens is 2. The highest BCUT2D eigenvalue weighted by atomic mass is 16.1. The highest BCUT2D eigenvalue weighted by molar-refractivity contribution is 5.41. The van der Waals surface area contributed by atoms with Crippen LogP contribution in [0.25, 0.3) is 5.65 Å². The summed E-state index contributed by atoms with van der Waals surface area (Å²) in [5.41, 5.74) is 2.64. The van der Waals surface area contributed by atoms with Gasteiger partial charge >= 0.3 is 0 Å². The van der Waals surface area contributed by atoms with Crippen LogP contribution in [0, 0.1) is 6.92 Å². The van der Waals surface area contributed by atoms with Gasteiger partial charge in [0, 0.05) is 31.4 Å². The molecule has 5 heteroatoms. The molecule has 2 aromatic rings. The maximum Gasteiger partial charge on any atom is 0.258 e. The molecule has 1 fully saturated rings. The Morgan fingerprint density at radius 2 is 2.27 bits per heavy atom. The lowest BCUT2D eigenvalue weighted by atomic mass is 10.2. The van der Waals surface area contributed by atoms with Gasteiger partial charge in [0.2, 0.25) is 0 Å². The van der Waals surface area contributed by atoms with E-state index in [2.05, 4.69) is 22.1 Å². The normalized spacial score (nSPS) is 19.1. The molecule has 0 bridgehead atoms. The van der Waals surface area contributed by atoms with Crippen LogP contribution < -0.4 is 10.9 Å². The number of nitrogens with one attached hydrogen (secondary N) is 1. The Hall–Kier alpha value is -1.72. The monoisotopic (exact) mass is 300 g/mol. The maximum absolute atomic E-state index is 12.1. The number of hydrogen-bond acceptors (Lipinski definition) is 4. The molecule has 0 saturated carbocycles. The summed E-state index contributed by atoms with van der Waals surface area (Å²) in [6.45, 7) is 8.15. The van der Waals surface area contributed by atoms with Crippen molar-refractivity contribution in [3.05, 3.63) is 46.0 Å². The van der Waals surface area contributed by atoms with Gasteiger partial charge in [0.05, 0.1) is 5.69 Å². The predicted octanol–water partition coefficient (Wildman–Crippen LogP) is 1.58. The number of nitrogens with zero attached hydrogens (tertiary/aromatic N) is 3. The van der Waals surface area contributed by atoms with Crippen molar-refractivity contribution in [2.24, 2.45) is 0 Å². The summed E-state index contributed by atoms with van der Waals surface area (Å²) in [7, 11) is 0. The summed E-state index contributed by atoms with van der Waals surface area (Å²) in [6.07, 6.45) is 4.33. The molecule has 2 aromatic heterocycles. The molecule has 3 heterocycles. The minimum atomic E-state index is -0.0159. The lowest BCUT2D eigenvalue weighted by Crippen LogP contribution is -2.37. The van der Waals surface area contributed by atoms with Crippen LogP contribution in [0.2, 0.25) is 0 Å². The second-order valence-electron chi connectivity index (χ2n) is 6.07. The third kappa shape index (κ3) is 3.20. The zero-order valence-corrected chi connectivity index (χ0v) is 13.4. The molecule has 118 valence electrons. The summed E-state index contributed by atoms with van der Waals surface area (Å²) in [6, 6.07) is 6.11. The van der Waals surface area contributed by atoms with Gasteiger partial charge in [0.1, 0.15) is 5.65 Å². The Bertz CT molecular complexity index is 709. The first-order valence-electron chi connectivity index (χ1n) is 8.11. The number of rotatable bonds is 5. The molecule has 1 aliphatic rings. The smallest absolute Gasteiger partial charge is 0.258 e. The fourth-order valence-corrected chi connectivity index (χ4v) is 3.25. The van der Waals surface area contributed by atoms with E-state index >= 15 is 0 Å². The van der Waals surface area contributed by atoms with Gasteiger partial charge in [0.15, 0.2) is 0 Å². The Morgan fingerprint density at radius 1 is 1.41 bits per heavy atom. The molecular weight excluding hydrogens is 276 g/mol. The van der Waals surface area contributed by atoms with Crippen molar-refractivity contribution in [3.8, 4) is 0 Å². The summed E-state index contributed by atoms with van der Waals surface area (Å²) in [5, 5.41) is 3.46. The Kier molecular flexibility index (Phi) is 4.55. The molecule has 1 N–H and O–H groups in total. The minimum Gasteiger partial charge on any atom is -0.310 e. The van der Waals surface area contributed by atoms with Crippen molar-refractivity contribution in [1.82, 2.24) is 19.6 Å². The van der Waals surface area contributed by atoms with E-state index in [4.69, 9.17) is 0 Å². The van der Waals surface area contributed by atoms with Crippen LogP contribution in [0.15, 0.2) is 29.2 Å². The first-order valence-corrected chi connectivity index (χ1v) is 8.11. The molecule has 3 rings (SSSR count). The number of aryl methyl sites for hydroxylation is 1. The third-order valence-corrected chi connectivity index (χ3v) is 4.47. The average molecular weight is 300 g/mol. The number of likely N-dealkylation sites (N-methyl/N-ethyl adjacent to an activating group) is 1. The SMILES string of the molecule is CCN1CCCC1CNCc1cc(=O)n2ccc(C)cc2n1. The van der Waals surface area contributed by atoms with Gasteiger partial charge in [-0.1, -0.05) is 6.92 Å². The van der Waals surface area contributed by atoms with E-state index in [1.807, 2.05) is 19.1 Å². The molecule has 0 amide bonds. The minimum absolute atomic E-state index is 0.0159. The number of fused-ring (bicyclic) bond motifs is 1. The van der Waals surface area contributed by atoms with Gasteiger partial charge in [-0.15, -0.1) is 0 Å². The van der Waals surface area contributed by atoms with Crippen LogP contribution in [0.3, 0.4) is 0 Å². The van der Waals surface area contributed by atoms with Gasteiger partial charge in [-0.2, -0.15) is 0 Å². The van der Waals surface area contributed by atoms with Crippen LogP contribution in [0.5, 0.6) is 0 Å². The second kappa shape index (κ2) is 6.58. The molecule has 1 unspecified atom stereocenters. The van der Waals surface area contributed by atoms with Gasteiger partial charge in [-0.25, -0.2) is 4.98 Å². The van der Waals surface area contributed by atoms with Crippen LogP contribution in [0.1, 0.15) is 31.0 Å². The third-order valence-electron chi connectivity index (χ3n) is 4.47. The van der Waals surface area contributed by atoms with Crippen molar-refractivity contribution >= 4 is 5.65 Å². The molecular formula is C17H24N4O. The molecule has 0 radical (unpaired) electrons. The topological polar surface area (TPSA) is 49.6 Å². The Labute approximate surface area is 131 Å². The number of hydrogen-bond donors (Lipinski definition) is 1. The summed E-state index contributed by atoms with van der Waals surface area (Å²) in [4.78, 5) is 19.2. The van der Waals surface area contributed by atoms with Crippen molar-refractivity contribution in [2.75, 3.05) is 19.6 Å². The molecule has 1 atom stereocenters. The molecule has 1 aliphatic heterocycles. The van der Waals surface area contributed by atoms with Gasteiger partial charge in [0.25, 0.3) is 5.56 Å². The Balaban J connectivity index is 1.68. The molecule has 0 aliphatic carbocycles. The Morgan fingerprint density at radius 3 is 3.09 bits per heavy atom. The summed E-state index contributed by atoms with van der Waals surface area (Å²) < 4.78 is 1.59. The molecule has 5 nitrogen and oxygen atoms in total. The van der Waals surface area contributed by atoms with E-state index in [1.54, 1.807) is 16.7 Å². The van der Waals surface area contributed by atoms with E-state index < -0.39 is 0 Å². The van der Waals surface area contributed by atoms with Crippen LogP contribution in [-0.2, 0) is 6.54 Å². The molecule has 0 spiro atoms. The van der Waals surface area contributed by atoms with E-state index in [0.29, 0.717) is 12.6 Å². The summed E-state index contributed by atoms with van der Waals surface area (Å²) >= 11 is 0. The van der Waals surface area contributed by atoms with Gasteiger partial charge in [-0.05, 0) is 50.6 Å². The first kappa shape index (κ1) is 15.2. The predicted molar refractivity (Wildman–Crippen MR) is 88.2 cm³/mol. The fourth-order valence-electron chi connectivity index (χ4n) is 3.25. The number of pyridine rings is 1.